The largest absolute Gasteiger partial charge is 0.341 e. The zero-order valence-corrected chi connectivity index (χ0v) is 14.3. The van der Waals surface area contributed by atoms with Gasteiger partial charge in [-0.05, 0) is 37.4 Å². The maximum Gasteiger partial charge on any atom is 0.244 e. The van der Waals surface area contributed by atoms with E-state index in [1.165, 1.54) is 12.8 Å². The van der Waals surface area contributed by atoms with Crippen molar-refractivity contribution in [2.24, 2.45) is 5.92 Å². The highest BCUT2D eigenvalue weighted by Crippen LogP contribution is 2.27. The summed E-state index contributed by atoms with van der Waals surface area (Å²) >= 11 is 0. The average Bonchev–Trinajstić information content (AvgIpc) is 2.59. The van der Waals surface area contributed by atoms with Crippen LogP contribution in [0.5, 0.6) is 0 Å². The Kier molecular flexibility index (Phi) is 6.44. The Balaban J connectivity index is 2.22. The summed E-state index contributed by atoms with van der Waals surface area (Å²) in [6.07, 6.45) is 3.58. The number of amides is 1. The smallest absolute Gasteiger partial charge is 0.244 e. The van der Waals surface area contributed by atoms with Gasteiger partial charge in [0, 0.05) is 13.1 Å². The van der Waals surface area contributed by atoms with Crippen LogP contribution in [0.1, 0.15) is 51.6 Å². The zero-order valence-electron chi connectivity index (χ0n) is 14.3. The Morgan fingerprint density at radius 1 is 1.23 bits per heavy atom. The van der Waals surface area contributed by atoms with Crippen LogP contribution in [0.25, 0.3) is 0 Å². The van der Waals surface area contributed by atoms with Crippen LogP contribution in [0.2, 0.25) is 0 Å². The molecular formula is C19H30N2O. The van der Waals surface area contributed by atoms with E-state index in [1.807, 2.05) is 18.2 Å². The molecule has 1 aliphatic heterocycles. The van der Waals surface area contributed by atoms with Crippen molar-refractivity contribution >= 4 is 5.91 Å². The van der Waals surface area contributed by atoms with E-state index in [0.29, 0.717) is 5.92 Å². The molecule has 1 fully saturated rings. The van der Waals surface area contributed by atoms with Gasteiger partial charge in [0.15, 0.2) is 0 Å². The molecule has 2 unspecified atom stereocenters. The Morgan fingerprint density at radius 3 is 2.50 bits per heavy atom. The third-order valence-electron chi connectivity index (χ3n) is 4.93. The van der Waals surface area contributed by atoms with Crippen molar-refractivity contribution in [3.8, 4) is 0 Å². The summed E-state index contributed by atoms with van der Waals surface area (Å²) in [5.41, 5.74) is 1.12. The molecule has 1 aromatic rings. The molecule has 3 heteroatoms. The number of likely N-dealkylation sites (tertiary alicyclic amines) is 1. The second-order valence-electron chi connectivity index (χ2n) is 6.24. The number of rotatable bonds is 6. The van der Waals surface area contributed by atoms with Gasteiger partial charge in [-0.2, -0.15) is 0 Å². The van der Waals surface area contributed by atoms with E-state index in [9.17, 15) is 4.79 Å². The van der Waals surface area contributed by atoms with Gasteiger partial charge in [0.05, 0.1) is 0 Å². The molecule has 0 saturated carbocycles. The Hall–Kier alpha value is -1.35. The van der Waals surface area contributed by atoms with Crippen LogP contribution in [-0.2, 0) is 4.79 Å². The SMILES string of the molecule is CCC1CCCN(C(=O)C(c2ccccc2)N(CC)CC)C1. The first-order valence-electron chi connectivity index (χ1n) is 8.78. The number of carbonyl (C=O) groups excluding carboxylic acids is 1. The molecule has 2 rings (SSSR count). The van der Waals surface area contributed by atoms with E-state index in [4.69, 9.17) is 0 Å². The molecular weight excluding hydrogens is 272 g/mol. The van der Waals surface area contributed by atoms with Crippen LogP contribution in [-0.4, -0.2) is 41.9 Å². The first-order valence-corrected chi connectivity index (χ1v) is 8.78. The summed E-state index contributed by atoms with van der Waals surface area (Å²) in [5.74, 6) is 0.957. The molecule has 1 amide bonds. The minimum atomic E-state index is -0.133. The van der Waals surface area contributed by atoms with E-state index >= 15 is 0 Å². The topological polar surface area (TPSA) is 23.6 Å². The van der Waals surface area contributed by atoms with Crippen molar-refractivity contribution in [2.75, 3.05) is 26.2 Å². The third kappa shape index (κ3) is 3.89. The summed E-state index contributed by atoms with van der Waals surface area (Å²) in [7, 11) is 0. The highest BCUT2D eigenvalue weighted by Gasteiger charge is 2.32. The Morgan fingerprint density at radius 2 is 1.91 bits per heavy atom. The number of hydrogen-bond acceptors (Lipinski definition) is 2. The lowest BCUT2D eigenvalue weighted by atomic mass is 9.94. The number of nitrogens with zero attached hydrogens (tertiary/aromatic N) is 2. The van der Waals surface area contributed by atoms with E-state index in [2.05, 4.69) is 42.7 Å². The number of benzene rings is 1. The predicted octanol–water partition coefficient (Wildman–Crippen LogP) is 3.72. The fourth-order valence-corrected chi connectivity index (χ4v) is 3.51. The van der Waals surface area contributed by atoms with Gasteiger partial charge < -0.3 is 4.90 Å². The molecule has 1 aromatic carbocycles. The Labute approximate surface area is 135 Å². The normalized spacial score (nSPS) is 20.2. The second kappa shape index (κ2) is 8.33. The molecule has 3 nitrogen and oxygen atoms in total. The molecule has 0 N–H and O–H groups in total. The standard InChI is InChI=1S/C19H30N2O/c1-4-16-11-10-14-21(15-16)19(22)18(20(5-2)6-3)17-12-8-7-9-13-17/h7-9,12-13,16,18H,4-6,10-11,14-15H2,1-3H3. The summed E-state index contributed by atoms with van der Waals surface area (Å²) in [5, 5.41) is 0. The minimum Gasteiger partial charge on any atom is -0.341 e. The predicted molar refractivity (Wildman–Crippen MR) is 91.7 cm³/mol. The van der Waals surface area contributed by atoms with Gasteiger partial charge in [0.1, 0.15) is 6.04 Å². The molecule has 0 aromatic heterocycles. The Bertz CT molecular complexity index is 456. The third-order valence-corrected chi connectivity index (χ3v) is 4.93. The summed E-state index contributed by atoms with van der Waals surface area (Å²) < 4.78 is 0. The first kappa shape index (κ1) is 17.0. The molecule has 2 atom stereocenters. The molecule has 0 bridgehead atoms. The van der Waals surface area contributed by atoms with E-state index in [-0.39, 0.29) is 11.9 Å². The van der Waals surface area contributed by atoms with Crippen LogP contribution < -0.4 is 0 Å². The highest BCUT2D eigenvalue weighted by atomic mass is 16.2. The lowest BCUT2D eigenvalue weighted by molar-refractivity contribution is -0.139. The van der Waals surface area contributed by atoms with Crippen molar-refractivity contribution in [3.63, 3.8) is 0 Å². The molecule has 1 heterocycles. The lowest BCUT2D eigenvalue weighted by Crippen LogP contribution is -2.47. The fraction of sp³-hybridized carbons (Fsp3) is 0.632. The first-order chi connectivity index (χ1) is 10.7. The van der Waals surface area contributed by atoms with Gasteiger partial charge in [-0.3, -0.25) is 9.69 Å². The maximum absolute atomic E-state index is 13.2. The number of hydrogen-bond donors (Lipinski definition) is 0. The van der Waals surface area contributed by atoms with Crippen LogP contribution in [0.4, 0.5) is 0 Å². The van der Waals surface area contributed by atoms with Crippen LogP contribution in [0.3, 0.4) is 0 Å². The monoisotopic (exact) mass is 302 g/mol. The number of likely N-dealkylation sites (N-methyl/N-ethyl adjacent to an activating group) is 1. The molecule has 0 radical (unpaired) electrons. The lowest BCUT2D eigenvalue weighted by Gasteiger charge is -2.38. The van der Waals surface area contributed by atoms with E-state index in [0.717, 1.165) is 38.2 Å². The van der Waals surface area contributed by atoms with Crippen molar-refractivity contribution in [2.45, 2.75) is 46.1 Å². The zero-order chi connectivity index (χ0) is 15.9. The molecule has 1 saturated heterocycles. The van der Waals surface area contributed by atoms with Gasteiger partial charge in [0.25, 0.3) is 0 Å². The summed E-state index contributed by atoms with van der Waals surface area (Å²) in [6, 6.07) is 10.1. The molecule has 0 aliphatic carbocycles. The van der Waals surface area contributed by atoms with Gasteiger partial charge in [-0.15, -0.1) is 0 Å². The minimum absolute atomic E-state index is 0.133. The van der Waals surface area contributed by atoms with E-state index < -0.39 is 0 Å². The van der Waals surface area contributed by atoms with Crippen molar-refractivity contribution in [1.29, 1.82) is 0 Å². The number of piperidine rings is 1. The summed E-state index contributed by atoms with van der Waals surface area (Å²) in [6.45, 7) is 10.1. The quantitative estimate of drug-likeness (QED) is 0.799. The second-order valence-corrected chi connectivity index (χ2v) is 6.24. The van der Waals surface area contributed by atoms with Crippen LogP contribution in [0.15, 0.2) is 30.3 Å². The maximum atomic E-state index is 13.2. The molecule has 1 aliphatic rings. The summed E-state index contributed by atoms with van der Waals surface area (Å²) in [4.78, 5) is 17.6. The highest BCUT2D eigenvalue weighted by molar-refractivity contribution is 5.83. The molecule has 0 spiro atoms. The number of carbonyl (C=O) groups is 1. The molecule has 22 heavy (non-hydrogen) atoms. The van der Waals surface area contributed by atoms with E-state index in [1.54, 1.807) is 0 Å². The molecule has 122 valence electrons. The van der Waals surface area contributed by atoms with Crippen molar-refractivity contribution in [3.05, 3.63) is 35.9 Å². The van der Waals surface area contributed by atoms with Crippen LogP contribution >= 0.6 is 0 Å². The fourth-order valence-electron chi connectivity index (χ4n) is 3.51. The van der Waals surface area contributed by atoms with Gasteiger partial charge in [-0.25, -0.2) is 0 Å². The van der Waals surface area contributed by atoms with Crippen LogP contribution in [0, 0.1) is 5.92 Å². The van der Waals surface area contributed by atoms with Gasteiger partial charge in [0.2, 0.25) is 5.91 Å². The van der Waals surface area contributed by atoms with Gasteiger partial charge in [-0.1, -0.05) is 57.5 Å². The van der Waals surface area contributed by atoms with Crippen molar-refractivity contribution in [1.82, 2.24) is 9.80 Å². The van der Waals surface area contributed by atoms with Crippen molar-refractivity contribution < 1.29 is 4.79 Å². The average molecular weight is 302 g/mol. The van der Waals surface area contributed by atoms with Gasteiger partial charge >= 0.3 is 0 Å².